The average molecular weight is 158 g/mol. The summed E-state index contributed by atoms with van der Waals surface area (Å²) in [5.41, 5.74) is 0. The number of hydrogen-bond acceptors (Lipinski definition) is 3. The zero-order chi connectivity index (χ0) is 8.27. The summed E-state index contributed by atoms with van der Waals surface area (Å²) in [7, 11) is 1.91. The van der Waals surface area contributed by atoms with E-state index in [-0.39, 0.29) is 6.54 Å². The van der Waals surface area contributed by atoms with Crippen molar-refractivity contribution in [3.05, 3.63) is 0 Å². The molecular formula is C7H14N2O2. The molecule has 1 saturated heterocycles. The Hall–Kier alpha value is -0.610. The molecule has 1 fully saturated rings. The minimum Gasteiger partial charge on any atom is -0.480 e. The smallest absolute Gasteiger partial charge is 0.317 e. The predicted octanol–water partition coefficient (Wildman–Crippen LogP) is -0.635. The lowest BCUT2D eigenvalue weighted by atomic mass is 10.3. The standard InChI is InChI=1S/C7H14N2O2/c1-8-6-2-3-9(4-6)5-7(10)11/h6,8H,2-5H2,1H3,(H,10,11). The summed E-state index contributed by atoms with van der Waals surface area (Å²) in [5, 5.41) is 11.6. The largest absolute Gasteiger partial charge is 0.480 e. The highest BCUT2D eigenvalue weighted by atomic mass is 16.4. The number of rotatable bonds is 3. The van der Waals surface area contributed by atoms with Crippen LogP contribution in [-0.4, -0.2) is 48.7 Å². The second kappa shape index (κ2) is 3.69. The van der Waals surface area contributed by atoms with Crippen molar-refractivity contribution in [2.24, 2.45) is 0 Å². The number of aliphatic carboxylic acids is 1. The molecule has 2 N–H and O–H groups in total. The summed E-state index contributed by atoms with van der Waals surface area (Å²) >= 11 is 0. The predicted molar refractivity (Wildman–Crippen MR) is 41.5 cm³/mol. The molecule has 0 saturated carbocycles. The molecule has 1 unspecified atom stereocenters. The fraction of sp³-hybridized carbons (Fsp3) is 0.857. The van der Waals surface area contributed by atoms with Crippen LogP contribution in [0.25, 0.3) is 0 Å². The molecule has 1 heterocycles. The number of hydrogen-bond donors (Lipinski definition) is 2. The third-order valence-electron chi connectivity index (χ3n) is 2.04. The summed E-state index contributed by atoms with van der Waals surface area (Å²) in [6, 6.07) is 0.481. The summed E-state index contributed by atoms with van der Waals surface area (Å²) in [6.45, 7) is 1.94. The molecule has 4 heteroatoms. The number of likely N-dealkylation sites (tertiary alicyclic amines) is 1. The van der Waals surface area contributed by atoms with Gasteiger partial charge in [0.1, 0.15) is 0 Å². The van der Waals surface area contributed by atoms with Crippen LogP contribution in [0.5, 0.6) is 0 Å². The van der Waals surface area contributed by atoms with Gasteiger partial charge in [-0.2, -0.15) is 0 Å². The lowest BCUT2D eigenvalue weighted by Gasteiger charge is -2.11. The summed E-state index contributed by atoms with van der Waals surface area (Å²) < 4.78 is 0. The summed E-state index contributed by atoms with van der Waals surface area (Å²) in [6.07, 6.45) is 1.06. The zero-order valence-corrected chi connectivity index (χ0v) is 6.71. The fourth-order valence-electron chi connectivity index (χ4n) is 1.40. The van der Waals surface area contributed by atoms with Crippen LogP contribution in [0.15, 0.2) is 0 Å². The second-order valence-corrected chi connectivity index (χ2v) is 2.90. The lowest BCUT2D eigenvalue weighted by molar-refractivity contribution is -0.138. The van der Waals surface area contributed by atoms with E-state index in [2.05, 4.69) is 5.32 Å². The molecule has 64 valence electrons. The van der Waals surface area contributed by atoms with Crippen molar-refractivity contribution in [1.82, 2.24) is 10.2 Å². The van der Waals surface area contributed by atoms with Crippen molar-refractivity contribution in [3.63, 3.8) is 0 Å². The Labute approximate surface area is 66.2 Å². The lowest BCUT2D eigenvalue weighted by Crippen LogP contribution is -2.32. The van der Waals surface area contributed by atoms with E-state index in [1.807, 2.05) is 11.9 Å². The van der Waals surface area contributed by atoms with Crippen molar-refractivity contribution < 1.29 is 9.90 Å². The molecule has 0 amide bonds. The maximum absolute atomic E-state index is 10.3. The van der Waals surface area contributed by atoms with Crippen LogP contribution in [0.3, 0.4) is 0 Å². The van der Waals surface area contributed by atoms with Gasteiger partial charge >= 0.3 is 5.97 Å². The second-order valence-electron chi connectivity index (χ2n) is 2.90. The topological polar surface area (TPSA) is 52.6 Å². The summed E-state index contributed by atoms with van der Waals surface area (Å²) in [5.74, 6) is -0.734. The molecule has 11 heavy (non-hydrogen) atoms. The molecule has 0 bridgehead atoms. The highest BCUT2D eigenvalue weighted by molar-refractivity contribution is 5.69. The van der Waals surface area contributed by atoms with E-state index >= 15 is 0 Å². The molecule has 0 aromatic heterocycles. The van der Waals surface area contributed by atoms with Gasteiger partial charge in [-0.1, -0.05) is 0 Å². The van der Waals surface area contributed by atoms with Gasteiger partial charge in [0, 0.05) is 19.1 Å². The Kier molecular flexibility index (Phi) is 2.84. The molecule has 1 aliphatic rings. The van der Waals surface area contributed by atoms with Gasteiger partial charge in [0.25, 0.3) is 0 Å². The number of carbonyl (C=O) groups is 1. The van der Waals surface area contributed by atoms with Crippen LogP contribution >= 0.6 is 0 Å². The Morgan fingerprint density at radius 3 is 3.00 bits per heavy atom. The van der Waals surface area contributed by atoms with Crippen molar-refractivity contribution in [2.75, 3.05) is 26.7 Å². The quantitative estimate of drug-likeness (QED) is 0.574. The van der Waals surface area contributed by atoms with Crippen molar-refractivity contribution in [2.45, 2.75) is 12.5 Å². The van der Waals surface area contributed by atoms with E-state index in [0.717, 1.165) is 19.5 Å². The van der Waals surface area contributed by atoms with E-state index in [0.29, 0.717) is 6.04 Å². The van der Waals surface area contributed by atoms with Crippen molar-refractivity contribution >= 4 is 5.97 Å². The van der Waals surface area contributed by atoms with E-state index in [4.69, 9.17) is 5.11 Å². The molecule has 0 spiro atoms. The number of nitrogens with zero attached hydrogens (tertiary/aromatic N) is 1. The van der Waals surface area contributed by atoms with Gasteiger partial charge in [-0.3, -0.25) is 9.69 Å². The zero-order valence-electron chi connectivity index (χ0n) is 6.71. The number of carboxylic acid groups (broad SMARTS) is 1. The van der Waals surface area contributed by atoms with Crippen LogP contribution in [0.2, 0.25) is 0 Å². The molecule has 1 atom stereocenters. The van der Waals surface area contributed by atoms with E-state index < -0.39 is 5.97 Å². The maximum atomic E-state index is 10.3. The van der Waals surface area contributed by atoms with Crippen LogP contribution in [0, 0.1) is 0 Å². The van der Waals surface area contributed by atoms with Crippen molar-refractivity contribution in [3.8, 4) is 0 Å². The molecule has 4 nitrogen and oxygen atoms in total. The van der Waals surface area contributed by atoms with Gasteiger partial charge in [-0.25, -0.2) is 0 Å². The van der Waals surface area contributed by atoms with E-state index in [1.165, 1.54) is 0 Å². The fourth-order valence-corrected chi connectivity index (χ4v) is 1.40. The monoisotopic (exact) mass is 158 g/mol. The average Bonchev–Trinajstić information content (AvgIpc) is 2.34. The third kappa shape index (κ3) is 2.48. The highest BCUT2D eigenvalue weighted by Gasteiger charge is 2.21. The van der Waals surface area contributed by atoms with Crippen LogP contribution < -0.4 is 5.32 Å². The molecule has 0 aromatic rings. The van der Waals surface area contributed by atoms with E-state index in [9.17, 15) is 4.79 Å². The summed E-state index contributed by atoms with van der Waals surface area (Å²) in [4.78, 5) is 12.2. The Morgan fingerprint density at radius 1 is 1.82 bits per heavy atom. The Morgan fingerprint density at radius 2 is 2.55 bits per heavy atom. The molecule has 0 aromatic carbocycles. The molecular weight excluding hydrogens is 144 g/mol. The minimum atomic E-state index is -0.734. The first-order chi connectivity index (χ1) is 5.22. The Bertz CT molecular complexity index is 149. The van der Waals surface area contributed by atoms with Gasteiger partial charge in [0.2, 0.25) is 0 Å². The van der Waals surface area contributed by atoms with Gasteiger partial charge in [-0.05, 0) is 13.5 Å². The first-order valence-corrected chi connectivity index (χ1v) is 3.84. The van der Waals surface area contributed by atoms with Gasteiger partial charge in [0.15, 0.2) is 0 Å². The minimum absolute atomic E-state index is 0.179. The molecule has 0 aliphatic carbocycles. The maximum Gasteiger partial charge on any atom is 0.317 e. The van der Waals surface area contributed by atoms with Gasteiger partial charge in [0.05, 0.1) is 6.54 Å². The van der Waals surface area contributed by atoms with Crippen molar-refractivity contribution in [1.29, 1.82) is 0 Å². The van der Waals surface area contributed by atoms with Crippen LogP contribution in [0.1, 0.15) is 6.42 Å². The third-order valence-corrected chi connectivity index (χ3v) is 2.04. The first kappa shape index (κ1) is 8.49. The molecule has 1 rings (SSSR count). The normalized spacial score (nSPS) is 25.7. The SMILES string of the molecule is CNC1CCN(CC(=O)O)C1. The molecule has 1 aliphatic heterocycles. The number of carboxylic acids is 1. The van der Waals surface area contributed by atoms with Crippen LogP contribution in [-0.2, 0) is 4.79 Å². The Balaban J connectivity index is 2.24. The van der Waals surface area contributed by atoms with Gasteiger partial charge < -0.3 is 10.4 Å². The first-order valence-electron chi connectivity index (χ1n) is 3.84. The van der Waals surface area contributed by atoms with Gasteiger partial charge in [-0.15, -0.1) is 0 Å². The highest BCUT2D eigenvalue weighted by Crippen LogP contribution is 2.07. The number of nitrogens with one attached hydrogen (secondary N) is 1. The number of likely N-dealkylation sites (N-methyl/N-ethyl adjacent to an activating group) is 1. The van der Waals surface area contributed by atoms with E-state index in [1.54, 1.807) is 0 Å². The molecule has 0 radical (unpaired) electrons. The van der Waals surface area contributed by atoms with Crippen LogP contribution in [0.4, 0.5) is 0 Å².